The average molecular weight is 477 g/mol. The van der Waals surface area contributed by atoms with E-state index in [9.17, 15) is 14.9 Å². The normalized spacial score (nSPS) is 10.4. The fourth-order valence-electron chi connectivity index (χ4n) is 2.13. The maximum absolute atomic E-state index is 12.4. The number of pyridine rings is 1. The molecule has 2 aromatic rings. The number of aromatic nitrogens is 1. The number of carbonyl (C=O) groups is 1. The SMILES string of the molecule is CCOC(=O)N(Cc1ccc(I)cc1)c1cc(Cl)nc(N)c1[N+](=O)[O-]. The van der Waals surface area contributed by atoms with Crippen molar-refractivity contribution in [3.8, 4) is 0 Å². The van der Waals surface area contributed by atoms with Crippen molar-refractivity contribution in [2.24, 2.45) is 0 Å². The van der Waals surface area contributed by atoms with Crippen LogP contribution in [0.4, 0.5) is 22.0 Å². The van der Waals surface area contributed by atoms with Crippen LogP contribution < -0.4 is 10.6 Å². The highest BCUT2D eigenvalue weighted by molar-refractivity contribution is 14.1. The molecule has 0 bridgehead atoms. The second kappa shape index (κ2) is 8.30. The van der Waals surface area contributed by atoms with Gasteiger partial charge in [-0.25, -0.2) is 9.78 Å². The molecule has 0 aliphatic carbocycles. The molecule has 1 amide bonds. The third-order valence-corrected chi connectivity index (χ3v) is 4.10. The molecule has 2 rings (SSSR count). The number of amides is 1. The Bertz CT molecular complexity index is 801. The molecule has 10 heteroatoms. The Kier molecular flexibility index (Phi) is 6.37. The van der Waals surface area contributed by atoms with E-state index in [0.29, 0.717) is 0 Å². The summed E-state index contributed by atoms with van der Waals surface area (Å²) < 4.78 is 6.05. The molecule has 0 radical (unpaired) electrons. The highest BCUT2D eigenvalue weighted by Gasteiger charge is 2.29. The minimum atomic E-state index is -0.745. The van der Waals surface area contributed by atoms with Gasteiger partial charge in [0.1, 0.15) is 10.8 Å². The number of benzene rings is 1. The minimum Gasteiger partial charge on any atom is -0.449 e. The molecule has 0 aliphatic rings. The summed E-state index contributed by atoms with van der Waals surface area (Å²) in [5.74, 6) is -0.371. The molecule has 1 heterocycles. The second-order valence-electron chi connectivity index (χ2n) is 4.87. The van der Waals surface area contributed by atoms with E-state index in [-0.39, 0.29) is 29.8 Å². The Morgan fingerprint density at radius 2 is 2.08 bits per heavy atom. The van der Waals surface area contributed by atoms with E-state index in [1.807, 2.05) is 24.3 Å². The highest BCUT2D eigenvalue weighted by atomic mass is 127. The van der Waals surface area contributed by atoms with Crippen LogP contribution in [0.3, 0.4) is 0 Å². The van der Waals surface area contributed by atoms with E-state index >= 15 is 0 Å². The Hall–Kier alpha value is -2.14. The van der Waals surface area contributed by atoms with Gasteiger partial charge < -0.3 is 10.5 Å². The lowest BCUT2D eigenvalue weighted by Crippen LogP contribution is -2.32. The van der Waals surface area contributed by atoms with Gasteiger partial charge in [-0.2, -0.15) is 0 Å². The molecular formula is C15H14ClIN4O4. The molecule has 0 saturated carbocycles. The van der Waals surface area contributed by atoms with Gasteiger partial charge in [0.15, 0.2) is 0 Å². The zero-order valence-corrected chi connectivity index (χ0v) is 16.0. The lowest BCUT2D eigenvalue weighted by Gasteiger charge is -2.22. The van der Waals surface area contributed by atoms with Crippen molar-refractivity contribution in [1.82, 2.24) is 4.98 Å². The van der Waals surface area contributed by atoms with Crippen molar-refractivity contribution in [2.75, 3.05) is 17.2 Å². The van der Waals surface area contributed by atoms with Gasteiger partial charge in [0.25, 0.3) is 0 Å². The summed E-state index contributed by atoms with van der Waals surface area (Å²) in [6.07, 6.45) is -0.745. The van der Waals surface area contributed by atoms with Crippen LogP contribution in [-0.4, -0.2) is 22.6 Å². The molecule has 25 heavy (non-hydrogen) atoms. The maximum Gasteiger partial charge on any atom is 0.414 e. The summed E-state index contributed by atoms with van der Waals surface area (Å²) >= 11 is 8.04. The predicted molar refractivity (Wildman–Crippen MR) is 103 cm³/mol. The summed E-state index contributed by atoms with van der Waals surface area (Å²) in [7, 11) is 0. The van der Waals surface area contributed by atoms with Gasteiger partial charge >= 0.3 is 11.8 Å². The largest absolute Gasteiger partial charge is 0.449 e. The number of carbonyl (C=O) groups excluding carboxylic acids is 1. The van der Waals surface area contributed by atoms with Crippen LogP contribution in [0.2, 0.25) is 5.15 Å². The summed E-state index contributed by atoms with van der Waals surface area (Å²) in [5.41, 5.74) is 5.82. The standard InChI is InChI=1S/C15H14ClIN4O4/c1-2-25-15(22)20(8-9-3-5-10(17)6-4-9)11-7-12(16)19-14(18)13(11)21(23)24/h3-7H,2,8H2,1H3,(H2,18,19). The average Bonchev–Trinajstić information content (AvgIpc) is 2.53. The van der Waals surface area contributed by atoms with Crippen LogP contribution >= 0.6 is 34.2 Å². The predicted octanol–water partition coefficient (Wildman–Crippen LogP) is 3.99. The third kappa shape index (κ3) is 4.69. The van der Waals surface area contributed by atoms with E-state index in [1.54, 1.807) is 6.92 Å². The van der Waals surface area contributed by atoms with Gasteiger partial charge in [-0.3, -0.25) is 15.0 Å². The van der Waals surface area contributed by atoms with Crippen molar-refractivity contribution in [3.63, 3.8) is 0 Å². The number of anilines is 2. The minimum absolute atomic E-state index is 0.0520. The molecule has 0 atom stereocenters. The smallest absolute Gasteiger partial charge is 0.414 e. The van der Waals surface area contributed by atoms with Crippen LogP contribution in [0.5, 0.6) is 0 Å². The van der Waals surface area contributed by atoms with E-state index in [4.69, 9.17) is 22.1 Å². The molecular weight excluding hydrogens is 463 g/mol. The van der Waals surface area contributed by atoms with Crippen LogP contribution in [0.15, 0.2) is 30.3 Å². The van der Waals surface area contributed by atoms with Crippen LogP contribution in [0.1, 0.15) is 12.5 Å². The number of nitrogens with zero attached hydrogens (tertiary/aromatic N) is 3. The van der Waals surface area contributed by atoms with Gasteiger partial charge in [0.05, 0.1) is 18.1 Å². The first-order chi connectivity index (χ1) is 11.8. The number of hydrogen-bond donors (Lipinski definition) is 1. The van der Waals surface area contributed by atoms with Crippen molar-refractivity contribution in [2.45, 2.75) is 13.5 Å². The van der Waals surface area contributed by atoms with Crippen molar-refractivity contribution in [1.29, 1.82) is 0 Å². The third-order valence-electron chi connectivity index (χ3n) is 3.18. The lowest BCUT2D eigenvalue weighted by atomic mass is 10.2. The zero-order valence-electron chi connectivity index (χ0n) is 13.1. The highest BCUT2D eigenvalue weighted by Crippen LogP contribution is 2.36. The number of rotatable bonds is 5. The quantitative estimate of drug-likeness (QED) is 0.302. The fraction of sp³-hybridized carbons (Fsp3) is 0.200. The molecule has 0 unspecified atom stereocenters. The van der Waals surface area contributed by atoms with Crippen molar-refractivity contribution >= 4 is 57.5 Å². The Labute approximate surface area is 162 Å². The monoisotopic (exact) mass is 476 g/mol. The summed E-state index contributed by atoms with van der Waals surface area (Å²) in [5, 5.41) is 11.3. The molecule has 8 nitrogen and oxygen atoms in total. The molecule has 2 N–H and O–H groups in total. The van der Waals surface area contributed by atoms with Crippen molar-refractivity contribution < 1.29 is 14.5 Å². The summed E-state index contributed by atoms with van der Waals surface area (Å²) in [4.78, 5) is 27.9. The molecule has 0 fully saturated rings. The number of nitro groups is 1. The van der Waals surface area contributed by atoms with Gasteiger partial charge in [-0.15, -0.1) is 0 Å². The van der Waals surface area contributed by atoms with Crippen molar-refractivity contribution in [3.05, 3.63) is 54.7 Å². The van der Waals surface area contributed by atoms with Crippen LogP contribution in [-0.2, 0) is 11.3 Å². The Balaban J connectivity index is 2.54. The van der Waals surface area contributed by atoms with Gasteiger partial charge in [0.2, 0.25) is 5.82 Å². The maximum atomic E-state index is 12.4. The van der Waals surface area contributed by atoms with E-state index in [1.165, 1.54) is 6.07 Å². The lowest BCUT2D eigenvalue weighted by molar-refractivity contribution is -0.383. The number of halogens is 2. The number of nitrogens with two attached hydrogens (primary N) is 1. The zero-order chi connectivity index (χ0) is 18.6. The second-order valence-corrected chi connectivity index (χ2v) is 6.50. The number of hydrogen-bond acceptors (Lipinski definition) is 6. The first kappa shape index (κ1) is 19.2. The van der Waals surface area contributed by atoms with E-state index in [2.05, 4.69) is 27.6 Å². The molecule has 0 saturated heterocycles. The topological polar surface area (TPSA) is 112 Å². The van der Waals surface area contributed by atoms with E-state index < -0.39 is 16.7 Å². The first-order valence-corrected chi connectivity index (χ1v) is 8.58. The molecule has 1 aromatic heterocycles. The Morgan fingerprint density at radius 3 is 2.64 bits per heavy atom. The molecule has 0 spiro atoms. The van der Waals surface area contributed by atoms with Crippen LogP contribution in [0.25, 0.3) is 0 Å². The number of ether oxygens (including phenoxy) is 1. The van der Waals surface area contributed by atoms with Crippen LogP contribution in [0, 0.1) is 13.7 Å². The number of nitrogen functional groups attached to an aromatic ring is 1. The summed E-state index contributed by atoms with van der Waals surface area (Å²) in [6, 6.07) is 8.57. The fourth-order valence-corrected chi connectivity index (χ4v) is 2.68. The molecule has 1 aromatic carbocycles. The van der Waals surface area contributed by atoms with Gasteiger partial charge in [-0.05, 0) is 47.2 Å². The summed E-state index contributed by atoms with van der Waals surface area (Å²) in [6.45, 7) is 1.81. The molecule has 132 valence electrons. The molecule has 0 aliphatic heterocycles. The van der Waals surface area contributed by atoms with E-state index in [0.717, 1.165) is 14.0 Å². The Morgan fingerprint density at radius 1 is 1.44 bits per heavy atom. The van der Waals surface area contributed by atoms with Gasteiger partial charge in [0, 0.05) is 9.64 Å². The van der Waals surface area contributed by atoms with Gasteiger partial charge in [-0.1, -0.05) is 23.7 Å². The first-order valence-electron chi connectivity index (χ1n) is 7.12.